The zero-order valence-electron chi connectivity index (χ0n) is 9.82. The van der Waals surface area contributed by atoms with Gasteiger partial charge in [-0.1, -0.05) is 58.3 Å². The van der Waals surface area contributed by atoms with Crippen LogP contribution in [0.1, 0.15) is 58.3 Å². The first-order valence-corrected chi connectivity index (χ1v) is 6.10. The molecule has 0 aromatic rings. The summed E-state index contributed by atoms with van der Waals surface area (Å²) in [5.41, 5.74) is 0. The van der Waals surface area contributed by atoms with Gasteiger partial charge in [-0.2, -0.15) is 0 Å². The van der Waals surface area contributed by atoms with Crippen molar-refractivity contribution in [1.29, 1.82) is 0 Å². The molecular weight excluding hydrogens is 190 g/mol. The molecule has 1 radical (unpaired) electrons. The third-order valence-corrected chi connectivity index (χ3v) is 2.52. The van der Waals surface area contributed by atoms with Gasteiger partial charge in [-0.05, 0) is 6.32 Å². The Morgan fingerprint density at radius 1 is 1.00 bits per heavy atom. The minimum Gasteiger partial charge on any atom is -0.453 e. The lowest BCUT2D eigenvalue weighted by Gasteiger charge is -2.04. The zero-order valence-corrected chi connectivity index (χ0v) is 9.82. The monoisotopic (exact) mass is 213 g/mol. The first-order chi connectivity index (χ1) is 7.31. The van der Waals surface area contributed by atoms with Gasteiger partial charge >= 0.3 is 14.8 Å². The lowest BCUT2D eigenvalue weighted by Crippen LogP contribution is -2.19. The van der Waals surface area contributed by atoms with E-state index in [0.717, 1.165) is 12.8 Å². The van der Waals surface area contributed by atoms with Crippen molar-refractivity contribution in [1.82, 2.24) is 0 Å². The van der Waals surface area contributed by atoms with Gasteiger partial charge in [0, 0.05) is 0 Å². The Morgan fingerprint density at radius 3 is 2.07 bits per heavy atom. The van der Waals surface area contributed by atoms with Crippen molar-refractivity contribution in [3.8, 4) is 0 Å². The maximum atomic E-state index is 9.11. The normalized spacial score (nSPS) is 10.3. The quantitative estimate of drug-likeness (QED) is 0.408. The molecule has 0 atom stereocenters. The van der Waals surface area contributed by atoms with E-state index >= 15 is 0 Å². The van der Waals surface area contributed by atoms with Gasteiger partial charge in [0.1, 0.15) is 0 Å². The maximum absolute atomic E-state index is 9.11. The molecule has 0 heterocycles. The summed E-state index contributed by atoms with van der Waals surface area (Å²) in [6, 6.07) is 0. The fourth-order valence-corrected chi connectivity index (χ4v) is 1.59. The fraction of sp³-hybridized carbons (Fsp3) is 1.00. The fourth-order valence-electron chi connectivity index (χ4n) is 1.59. The molecule has 15 heavy (non-hydrogen) atoms. The topological polar surface area (TPSA) is 49.7 Å². The van der Waals surface area contributed by atoms with E-state index < -0.39 is 7.12 Å². The van der Waals surface area contributed by atoms with E-state index in [2.05, 4.69) is 11.5 Å². The second-order valence-electron chi connectivity index (χ2n) is 3.96. The van der Waals surface area contributed by atoms with Gasteiger partial charge in [0.25, 0.3) is 0 Å². The predicted octanol–water partition coefficient (Wildman–Crippen LogP) is 2.15. The summed E-state index contributed by atoms with van der Waals surface area (Å²) < 4.78 is 4.49. The van der Waals surface area contributed by atoms with Crippen LogP contribution in [0.15, 0.2) is 0 Å². The number of unbranched alkanes of at least 4 members (excludes halogenated alkanes) is 7. The van der Waals surface area contributed by atoms with Crippen molar-refractivity contribution in [3.63, 3.8) is 0 Å². The smallest absolute Gasteiger partial charge is 0.453 e. The highest BCUT2D eigenvalue weighted by molar-refractivity contribution is 6.49. The molecule has 0 saturated carbocycles. The van der Waals surface area contributed by atoms with Crippen LogP contribution in [0, 0.1) is 0 Å². The maximum Gasteiger partial charge on any atom is 0.470 e. The van der Waals surface area contributed by atoms with E-state index in [0.29, 0.717) is 14.0 Å². The van der Waals surface area contributed by atoms with Crippen LogP contribution in [0.2, 0.25) is 6.32 Å². The summed E-state index contributed by atoms with van der Waals surface area (Å²) >= 11 is 0. The standard InChI is InChI=1S/C10H23B2O3/c1-2-3-4-5-6-7-8-9-10-12(14)15-11-13/h13-14H,2-10H2,1H3. The highest BCUT2D eigenvalue weighted by Crippen LogP contribution is 2.10. The van der Waals surface area contributed by atoms with Gasteiger partial charge in [0.15, 0.2) is 0 Å². The molecule has 0 fully saturated rings. The van der Waals surface area contributed by atoms with Crippen molar-refractivity contribution >= 4 is 14.8 Å². The summed E-state index contributed by atoms with van der Waals surface area (Å²) in [6.45, 7) is 2.22. The van der Waals surface area contributed by atoms with E-state index in [1.807, 2.05) is 0 Å². The molecule has 0 aliphatic rings. The second kappa shape index (κ2) is 12.1. The van der Waals surface area contributed by atoms with E-state index in [1.165, 1.54) is 38.5 Å². The van der Waals surface area contributed by atoms with Crippen LogP contribution in [-0.2, 0) is 4.57 Å². The Labute approximate surface area is 94.7 Å². The molecule has 0 aromatic carbocycles. The first-order valence-electron chi connectivity index (χ1n) is 6.10. The molecule has 0 rings (SSSR count). The molecule has 87 valence electrons. The Hall–Kier alpha value is 0.00987. The molecule has 0 spiro atoms. The summed E-state index contributed by atoms with van der Waals surface area (Å²) in [4.78, 5) is 0. The number of rotatable bonds is 11. The summed E-state index contributed by atoms with van der Waals surface area (Å²) in [5, 5.41) is 17.4. The average Bonchev–Trinajstić information content (AvgIpc) is 2.22. The van der Waals surface area contributed by atoms with Crippen molar-refractivity contribution in [2.24, 2.45) is 0 Å². The lowest BCUT2D eigenvalue weighted by atomic mass is 9.81. The zero-order chi connectivity index (χ0) is 11.4. The molecule has 0 aromatic heterocycles. The summed E-state index contributed by atoms with van der Waals surface area (Å²) in [6.07, 6.45) is 10.5. The third kappa shape index (κ3) is 11.9. The summed E-state index contributed by atoms with van der Waals surface area (Å²) in [5.74, 6) is 0. The number of hydrogen-bond acceptors (Lipinski definition) is 3. The molecule has 2 N–H and O–H groups in total. The van der Waals surface area contributed by atoms with Crippen molar-refractivity contribution < 1.29 is 14.6 Å². The van der Waals surface area contributed by atoms with Crippen molar-refractivity contribution in [3.05, 3.63) is 0 Å². The minimum absolute atomic E-state index is 0.551. The molecular formula is C10H23B2O3. The largest absolute Gasteiger partial charge is 0.470 e. The Morgan fingerprint density at radius 2 is 1.53 bits per heavy atom. The van der Waals surface area contributed by atoms with Gasteiger partial charge in [-0.3, -0.25) is 0 Å². The molecule has 0 aliphatic heterocycles. The minimum atomic E-state index is -0.838. The van der Waals surface area contributed by atoms with Gasteiger partial charge in [0.2, 0.25) is 0 Å². The summed E-state index contributed by atoms with van der Waals surface area (Å²) in [7, 11) is -0.287. The van der Waals surface area contributed by atoms with Crippen LogP contribution in [0.5, 0.6) is 0 Å². The molecule has 5 heteroatoms. The van der Waals surface area contributed by atoms with Gasteiger partial charge in [-0.15, -0.1) is 0 Å². The molecule has 0 saturated heterocycles. The molecule has 0 amide bonds. The molecule has 0 aliphatic carbocycles. The first kappa shape index (κ1) is 15.0. The highest BCUT2D eigenvalue weighted by atomic mass is 16.5. The van der Waals surface area contributed by atoms with Crippen molar-refractivity contribution in [2.75, 3.05) is 0 Å². The van der Waals surface area contributed by atoms with E-state index in [1.54, 1.807) is 0 Å². The van der Waals surface area contributed by atoms with Crippen LogP contribution >= 0.6 is 0 Å². The van der Waals surface area contributed by atoms with Crippen LogP contribution in [0.4, 0.5) is 0 Å². The van der Waals surface area contributed by atoms with Crippen LogP contribution in [0.3, 0.4) is 0 Å². The Balaban J connectivity index is 2.98. The van der Waals surface area contributed by atoms with Gasteiger partial charge < -0.3 is 14.6 Å². The molecule has 0 bridgehead atoms. The molecule has 3 nitrogen and oxygen atoms in total. The highest BCUT2D eigenvalue weighted by Gasteiger charge is 2.11. The SMILES string of the molecule is CCCCCCCCCCB(O)O[B]O. The lowest BCUT2D eigenvalue weighted by molar-refractivity contribution is 0.376. The van der Waals surface area contributed by atoms with E-state index in [9.17, 15) is 0 Å². The Bertz CT molecular complexity index is 125. The van der Waals surface area contributed by atoms with Crippen molar-refractivity contribution in [2.45, 2.75) is 64.6 Å². The van der Waals surface area contributed by atoms with E-state index in [-0.39, 0.29) is 0 Å². The van der Waals surface area contributed by atoms with Gasteiger partial charge in [-0.25, -0.2) is 0 Å². The average molecular weight is 213 g/mol. The van der Waals surface area contributed by atoms with E-state index in [4.69, 9.17) is 10.0 Å². The van der Waals surface area contributed by atoms with Gasteiger partial charge in [0.05, 0.1) is 0 Å². The Kier molecular flexibility index (Phi) is 12.1. The van der Waals surface area contributed by atoms with Crippen LogP contribution in [-0.4, -0.2) is 24.9 Å². The number of hydrogen-bond donors (Lipinski definition) is 2. The second-order valence-corrected chi connectivity index (χ2v) is 3.96. The van der Waals surface area contributed by atoms with Crippen LogP contribution in [0.25, 0.3) is 0 Å². The van der Waals surface area contributed by atoms with Crippen LogP contribution < -0.4 is 0 Å². The molecule has 0 unspecified atom stereocenters. The predicted molar refractivity (Wildman–Crippen MR) is 64.4 cm³/mol. The third-order valence-electron chi connectivity index (χ3n) is 2.52.